The lowest BCUT2D eigenvalue weighted by molar-refractivity contribution is -0.148. The van der Waals surface area contributed by atoms with E-state index in [1.54, 1.807) is 0 Å². The highest BCUT2D eigenvalue weighted by Crippen LogP contribution is 2.43. The molecule has 3 heteroatoms. The molecule has 0 amide bonds. The van der Waals surface area contributed by atoms with Gasteiger partial charge in [0, 0.05) is 6.04 Å². The Bertz CT molecular complexity index is 377. The maximum Gasteiger partial charge on any atom is 0.314 e. The number of hydrogen-bond donors (Lipinski definition) is 2. The van der Waals surface area contributed by atoms with Crippen LogP contribution >= 0.6 is 0 Å². The summed E-state index contributed by atoms with van der Waals surface area (Å²) in [4.78, 5) is 11.3. The first-order valence-corrected chi connectivity index (χ1v) is 5.11. The third-order valence-electron chi connectivity index (χ3n) is 3.23. The van der Waals surface area contributed by atoms with Crippen LogP contribution in [-0.4, -0.2) is 17.1 Å². The molecule has 1 aromatic carbocycles. The number of hydrogen-bond acceptors (Lipinski definition) is 2. The molecule has 0 atom stereocenters. The largest absolute Gasteiger partial charge is 0.481 e. The maximum absolute atomic E-state index is 11.3. The van der Waals surface area contributed by atoms with Crippen LogP contribution in [0.25, 0.3) is 0 Å². The van der Waals surface area contributed by atoms with Gasteiger partial charge in [0.2, 0.25) is 0 Å². The van der Waals surface area contributed by atoms with Crippen molar-refractivity contribution in [2.45, 2.75) is 31.2 Å². The summed E-state index contributed by atoms with van der Waals surface area (Å²) in [6, 6.07) is 7.72. The molecule has 1 aromatic rings. The van der Waals surface area contributed by atoms with Gasteiger partial charge in [0.25, 0.3) is 0 Å². The van der Waals surface area contributed by atoms with Crippen molar-refractivity contribution in [3.8, 4) is 0 Å². The van der Waals surface area contributed by atoms with E-state index in [4.69, 9.17) is 5.73 Å². The molecule has 3 nitrogen and oxygen atoms in total. The molecule has 0 saturated heterocycles. The smallest absolute Gasteiger partial charge is 0.314 e. The van der Waals surface area contributed by atoms with Crippen LogP contribution in [0.5, 0.6) is 0 Å². The van der Waals surface area contributed by atoms with E-state index in [2.05, 4.69) is 0 Å². The lowest BCUT2D eigenvalue weighted by Crippen LogP contribution is -2.54. The van der Waals surface area contributed by atoms with E-state index in [-0.39, 0.29) is 6.04 Å². The number of carboxylic acid groups (broad SMARTS) is 1. The quantitative estimate of drug-likeness (QED) is 0.767. The van der Waals surface area contributed by atoms with Gasteiger partial charge in [-0.2, -0.15) is 0 Å². The fourth-order valence-electron chi connectivity index (χ4n) is 2.24. The molecule has 1 aliphatic rings. The van der Waals surface area contributed by atoms with Crippen molar-refractivity contribution < 1.29 is 9.90 Å². The van der Waals surface area contributed by atoms with Crippen LogP contribution in [0.3, 0.4) is 0 Å². The summed E-state index contributed by atoms with van der Waals surface area (Å²) in [6.45, 7) is 1.99. The predicted octanol–water partition coefficient (Wildman–Crippen LogP) is 1.44. The van der Waals surface area contributed by atoms with Gasteiger partial charge in [0.15, 0.2) is 0 Å². The van der Waals surface area contributed by atoms with E-state index < -0.39 is 11.4 Å². The first kappa shape index (κ1) is 10.2. The Kier molecular flexibility index (Phi) is 2.27. The van der Waals surface area contributed by atoms with Crippen LogP contribution in [0.15, 0.2) is 24.3 Å². The van der Waals surface area contributed by atoms with Gasteiger partial charge in [-0.15, -0.1) is 0 Å². The van der Waals surface area contributed by atoms with Crippen LogP contribution in [0.2, 0.25) is 0 Å². The predicted molar refractivity (Wildman–Crippen MR) is 57.7 cm³/mol. The second-order valence-electron chi connectivity index (χ2n) is 4.42. The van der Waals surface area contributed by atoms with Gasteiger partial charge < -0.3 is 10.8 Å². The highest BCUT2D eigenvalue weighted by atomic mass is 16.4. The Hall–Kier alpha value is -1.35. The van der Waals surface area contributed by atoms with Crippen molar-refractivity contribution in [1.29, 1.82) is 0 Å². The zero-order valence-electron chi connectivity index (χ0n) is 8.73. The highest BCUT2D eigenvalue weighted by molar-refractivity contribution is 5.83. The van der Waals surface area contributed by atoms with Gasteiger partial charge >= 0.3 is 5.97 Å². The third kappa shape index (κ3) is 1.53. The molecule has 1 saturated carbocycles. The molecule has 0 radical (unpaired) electrons. The van der Waals surface area contributed by atoms with Crippen LogP contribution in [0.1, 0.15) is 24.0 Å². The molecule has 0 spiro atoms. The first-order valence-electron chi connectivity index (χ1n) is 5.11. The van der Waals surface area contributed by atoms with Gasteiger partial charge in [-0.3, -0.25) is 4.79 Å². The zero-order chi connectivity index (χ0) is 11.1. The topological polar surface area (TPSA) is 63.3 Å². The summed E-state index contributed by atoms with van der Waals surface area (Å²) in [7, 11) is 0. The minimum Gasteiger partial charge on any atom is -0.481 e. The number of benzene rings is 1. The molecule has 80 valence electrons. The summed E-state index contributed by atoms with van der Waals surface area (Å²) in [5, 5.41) is 9.27. The Labute approximate surface area is 88.9 Å². The summed E-state index contributed by atoms with van der Waals surface area (Å²) >= 11 is 0. The molecule has 0 aromatic heterocycles. The van der Waals surface area contributed by atoms with Crippen LogP contribution in [-0.2, 0) is 10.2 Å². The Morgan fingerprint density at radius 2 is 1.93 bits per heavy atom. The minimum absolute atomic E-state index is 0.0300. The van der Waals surface area contributed by atoms with E-state index in [9.17, 15) is 9.90 Å². The van der Waals surface area contributed by atoms with Gasteiger partial charge in [-0.05, 0) is 25.3 Å². The van der Waals surface area contributed by atoms with Crippen LogP contribution < -0.4 is 5.73 Å². The number of carboxylic acids is 1. The Balaban J connectivity index is 2.34. The van der Waals surface area contributed by atoms with Gasteiger partial charge in [0.1, 0.15) is 0 Å². The molecule has 0 heterocycles. The lowest BCUT2D eigenvalue weighted by atomic mass is 9.62. The van der Waals surface area contributed by atoms with Crippen LogP contribution in [0, 0.1) is 6.92 Å². The van der Waals surface area contributed by atoms with E-state index >= 15 is 0 Å². The van der Waals surface area contributed by atoms with Crippen molar-refractivity contribution in [3.05, 3.63) is 35.4 Å². The average molecular weight is 205 g/mol. The highest BCUT2D eigenvalue weighted by Gasteiger charge is 2.50. The summed E-state index contributed by atoms with van der Waals surface area (Å²) in [5.41, 5.74) is 6.99. The van der Waals surface area contributed by atoms with Gasteiger partial charge in [-0.1, -0.05) is 29.8 Å². The monoisotopic (exact) mass is 205 g/mol. The van der Waals surface area contributed by atoms with Crippen molar-refractivity contribution >= 4 is 5.97 Å². The second kappa shape index (κ2) is 3.35. The summed E-state index contributed by atoms with van der Waals surface area (Å²) < 4.78 is 0. The van der Waals surface area contributed by atoms with E-state index in [0.717, 1.165) is 11.1 Å². The molecular formula is C12H15NO2. The molecule has 0 unspecified atom stereocenters. The second-order valence-corrected chi connectivity index (χ2v) is 4.42. The maximum atomic E-state index is 11.3. The Morgan fingerprint density at radius 3 is 2.33 bits per heavy atom. The number of nitrogens with two attached hydrogens (primary N) is 1. The molecule has 0 bridgehead atoms. The van der Waals surface area contributed by atoms with Crippen molar-refractivity contribution in [2.75, 3.05) is 0 Å². The molecule has 3 N–H and O–H groups in total. The molecule has 0 aliphatic heterocycles. The Morgan fingerprint density at radius 1 is 1.40 bits per heavy atom. The van der Waals surface area contributed by atoms with Crippen molar-refractivity contribution in [3.63, 3.8) is 0 Å². The standard InChI is InChI=1S/C12H15NO2/c1-8-2-4-9(5-3-8)12(11(14)15)6-10(13)7-12/h2-5,10H,6-7,13H2,1H3,(H,14,15). The number of aliphatic carboxylic acids is 1. The molecule has 1 aliphatic carbocycles. The van der Waals surface area contributed by atoms with Gasteiger partial charge in [-0.25, -0.2) is 0 Å². The van der Waals surface area contributed by atoms with Crippen molar-refractivity contribution in [1.82, 2.24) is 0 Å². The fraction of sp³-hybridized carbons (Fsp3) is 0.417. The number of aryl methyl sites for hydroxylation is 1. The minimum atomic E-state index is -0.756. The molecular weight excluding hydrogens is 190 g/mol. The lowest BCUT2D eigenvalue weighted by Gasteiger charge is -2.43. The SMILES string of the molecule is Cc1ccc(C2(C(=O)O)CC(N)C2)cc1. The van der Waals surface area contributed by atoms with E-state index in [0.29, 0.717) is 12.8 Å². The fourth-order valence-corrected chi connectivity index (χ4v) is 2.24. The average Bonchev–Trinajstić information content (AvgIpc) is 2.13. The normalized spacial score (nSPS) is 29.6. The number of carbonyl (C=O) groups is 1. The zero-order valence-corrected chi connectivity index (χ0v) is 8.73. The molecule has 15 heavy (non-hydrogen) atoms. The summed E-state index contributed by atoms with van der Waals surface area (Å²) in [5.74, 6) is -0.756. The van der Waals surface area contributed by atoms with Crippen LogP contribution in [0.4, 0.5) is 0 Å². The molecule has 2 rings (SSSR count). The third-order valence-corrected chi connectivity index (χ3v) is 3.23. The van der Waals surface area contributed by atoms with Gasteiger partial charge in [0.05, 0.1) is 5.41 Å². The van der Waals surface area contributed by atoms with Crippen molar-refractivity contribution in [2.24, 2.45) is 5.73 Å². The van der Waals surface area contributed by atoms with E-state index in [1.165, 1.54) is 0 Å². The number of rotatable bonds is 2. The summed E-state index contributed by atoms with van der Waals surface area (Å²) in [6.07, 6.45) is 1.09. The first-order chi connectivity index (χ1) is 7.04. The molecule has 1 fully saturated rings. The van der Waals surface area contributed by atoms with E-state index in [1.807, 2.05) is 31.2 Å².